The number of rotatable bonds is 8. The normalized spacial score (nSPS) is 10.6. The Kier molecular flexibility index (Phi) is 6.83. The van der Waals surface area contributed by atoms with Crippen molar-refractivity contribution >= 4 is 11.8 Å². The molecule has 0 radical (unpaired) electrons. The van der Waals surface area contributed by atoms with Gasteiger partial charge in [-0.3, -0.25) is 4.79 Å². The molecule has 2 N–H and O–H groups in total. The number of carbonyl (C=O) groups excluding carboxylic acids is 1. The molecule has 0 saturated carbocycles. The minimum absolute atomic E-state index is 0.130. The molecule has 0 aromatic heterocycles. The minimum atomic E-state index is -0.977. The van der Waals surface area contributed by atoms with E-state index in [1.54, 1.807) is 61.5 Å². The molecular weight excluding hydrogens is 444 g/mol. The number of benzene rings is 4. The molecule has 6 nitrogen and oxygen atoms in total. The predicted molar refractivity (Wildman–Crippen MR) is 132 cm³/mol. The second kappa shape index (κ2) is 10.1. The summed E-state index contributed by atoms with van der Waals surface area (Å²) in [5, 5.41) is 20.0. The van der Waals surface area contributed by atoms with Gasteiger partial charge in [-0.05, 0) is 66.1 Å². The Hall–Kier alpha value is -4.58. The highest BCUT2D eigenvalue weighted by molar-refractivity contribution is 6.11. The van der Waals surface area contributed by atoms with Crippen LogP contribution < -0.4 is 9.47 Å². The Morgan fingerprint density at radius 3 is 2.26 bits per heavy atom. The van der Waals surface area contributed by atoms with E-state index in [1.165, 1.54) is 7.11 Å². The molecule has 0 aliphatic rings. The van der Waals surface area contributed by atoms with Crippen LogP contribution >= 0.6 is 0 Å². The van der Waals surface area contributed by atoms with Crippen LogP contribution in [0.25, 0.3) is 11.1 Å². The van der Waals surface area contributed by atoms with E-state index in [0.717, 1.165) is 16.7 Å². The molecular formula is C29H24O6. The highest BCUT2D eigenvalue weighted by Crippen LogP contribution is 2.33. The van der Waals surface area contributed by atoms with Gasteiger partial charge in [-0.1, -0.05) is 42.5 Å². The molecule has 0 heterocycles. The van der Waals surface area contributed by atoms with E-state index in [-0.39, 0.29) is 29.3 Å². The maximum Gasteiger partial charge on any atom is 0.335 e. The Labute approximate surface area is 203 Å². The van der Waals surface area contributed by atoms with Gasteiger partial charge in [0.1, 0.15) is 23.9 Å². The number of hydrogen-bond donors (Lipinski definition) is 2. The zero-order valence-electron chi connectivity index (χ0n) is 19.3. The molecule has 0 spiro atoms. The lowest BCUT2D eigenvalue weighted by atomic mass is 9.99. The van der Waals surface area contributed by atoms with Gasteiger partial charge >= 0.3 is 5.97 Å². The van der Waals surface area contributed by atoms with Gasteiger partial charge in [0.25, 0.3) is 0 Å². The Morgan fingerprint density at radius 1 is 0.829 bits per heavy atom. The zero-order valence-corrected chi connectivity index (χ0v) is 19.3. The van der Waals surface area contributed by atoms with E-state index >= 15 is 0 Å². The number of carboxylic acid groups (broad SMARTS) is 1. The lowest BCUT2D eigenvalue weighted by Gasteiger charge is -2.14. The zero-order chi connectivity index (χ0) is 24.9. The van der Waals surface area contributed by atoms with Gasteiger partial charge in [0.15, 0.2) is 5.78 Å². The van der Waals surface area contributed by atoms with Crippen LogP contribution in [-0.2, 0) is 6.61 Å². The van der Waals surface area contributed by atoms with Crippen LogP contribution in [0.5, 0.6) is 17.2 Å². The third-order valence-electron chi connectivity index (χ3n) is 5.72. The number of ketones is 1. The summed E-state index contributed by atoms with van der Waals surface area (Å²) in [6.45, 7) is 1.93. The van der Waals surface area contributed by atoms with E-state index in [4.69, 9.17) is 9.47 Å². The van der Waals surface area contributed by atoms with Crippen LogP contribution in [0.1, 0.15) is 37.4 Å². The van der Waals surface area contributed by atoms with Crippen LogP contribution in [0.2, 0.25) is 0 Å². The third kappa shape index (κ3) is 5.17. The minimum Gasteiger partial charge on any atom is -0.507 e. The Balaban J connectivity index is 1.52. The summed E-state index contributed by atoms with van der Waals surface area (Å²) in [6.07, 6.45) is 0. The van der Waals surface area contributed by atoms with E-state index in [2.05, 4.69) is 0 Å². The molecule has 0 fully saturated rings. The van der Waals surface area contributed by atoms with Gasteiger partial charge in [0.2, 0.25) is 0 Å². The molecule has 0 bridgehead atoms. The first-order valence-corrected chi connectivity index (χ1v) is 10.9. The number of carbonyl (C=O) groups is 2. The van der Waals surface area contributed by atoms with E-state index in [9.17, 15) is 19.8 Å². The highest BCUT2D eigenvalue weighted by atomic mass is 16.5. The van der Waals surface area contributed by atoms with Gasteiger partial charge in [-0.2, -0.15) is 0 Å². The van der Waals surface area contributed by atoms with E-state index in [0.29, 0.717) is 22.6 Å². The summed E-state index contributed by atoms with van der Waals surface area (Å²) in [7, 11) is 1.53. The first kappa shape index (κ1) is 23.6. The summed E-state index contributed by atoms with van der Waals surface area (Å²) >= 11 is 0. The molecule has 0 atom stereocenters. The van der Waals surface area contributed by atoms with Crippen LogP contribution in [0.3, 0.4) is 0 Å². The SMILES string of the molecule is COc1cccc(C(=O)c2ccc(OCc3cccc(-c4cccc(C(=O)O)c4)c3)c(C)c2O)c1. The summed E-state index contributed by atoms with van der Waals surface area (Å²) in [5.74, 6) is -0.399. The molecule has 0 aliphatic carbocycles. The van der Waals surface area contributed by atoms with Crippen molar-refractivity contribution in [2.45, 2.75) is 13.5 Å². The van der Waals surface area contributed by atoms with Crippen LogP contribution in [0.4, 0.5) is 0 Å². The van der Waals surface area contributed by atoms with Crippen molar-refractivity contribution in [3.05, 3.63) is 113 Å². The second-order valence-electron chi connectivity index (χ2n) is 8.02. The number of phenols is 1. The lowest BCUT2D eigenvalue weighted by molar-refractivity contribution is 0.0696. The predicted octanol–water partition coefficient (Wildman–Crippen LogP) is 5.88. The molecule has 0 unspecified atom stereocenters. The fraction of sp³-hybridized carbons (Fsp3) is 0.103. The molecule has 6 heteroatoms. The molecule has 0 amide bonds. The molecule has 0 aliphatic heterocycles. The molecule has 4 rings (SSSR count). The van der Waals surface area contributed by atoms with Crippen molar-refractivity contribution in [3.63, 3.8) is 0 Å². The van der Waals surface area contributed by atoms with Crippen molar-refractivity contribution in [1.29, 1.82) is 0 Å². The summed E-state index contributed by atoms with van der Waals surface area (Å²) in [5.41, 5.74) is 3.82. The molecule has 4 aromatic carbocycles. The Morgan fingerprint density at radius 2 is 1.51 bits per heavy atom. The summed E-state index contributed by atoms with van der Waals surface area (Å²) in [6, 6.07) is 24.3. The topological polar surface area (TPSA) is 93.1 Å². The van der Waals surface area contributed by atoms with Crippen molar-refractivity contribution in [2.24, 2.45) is 0 Å². The average molecular weight is 469 g/mol. The highest BCUT2D eigenvalue weighted by Gasteiger charge is 2.18. The molecule has 35 heavy (non-hydrogen) atoms. The van der Waals surface area contributed by atoms with Crippen molar-refractivity contribution in [3.8, 4) is 28.4 Å². The van der Waals surface area contributed by atoms with Gasteiger partial charge < -0.3 is 19.7 Å². The van der Waals surface area contributed by atoms with Crippen molar-refractivity contribution < 1.29 is 29.3 Å². The van der Waals surface area contributed by atoms with Crippen LogP contribution in [0.15, 0.2) is 84.9 Å². The molecule has 176 valence electrons. The summed E-state index contributed by atoms with van der Waals surface area (Å²) in [4.78, 5) is 24.2. The van der Waals surface area contributed by atoms with Crippen LogP contribution in [0, 0.1) is 6.92 Å². The number of hydrogen-bond acceptors (Lipinski definition) is 5. The number of aromatic carboxylic acids is 1. The molecule has 0 saturated heterocycles. The average Bonchev–Trinajstić information content (AvgIpc) is 2.89. The second-order valence-corrected chi connectivity index (χ2v) is 8.02. The fourth-order valence-corrected chi connectivity index (χ4v) is 3.77. The van der Waals surface area contributed by atoms with Gasteiger partial charge in [-0.15, -0.1) is 0 Å². The van der Waals surface area contributed by atoms with Crippen molar-refractivity contribution in [2.75, 3.05) is 7.11 Å². The standard InChI is InChI=1S/C29H24O6/c1-18-26(13-12-25(27(18)30)28(31)22-9-5-11-24(16-22)34-2)35-17-19-6-3-7-20(14-19)21-8-4-10-23(15-21)29(32)33/h3-16,30H,17H2,1-2H3,(H,32,33). The van der Waals surface area contributed by atoms with Crippen molar-refractivity contribution in [1.82, 2.24) is 0 Å². The Bertz CT molecular complexity index is 1410. The lowest BCUT2D eigenvalue weighted by Crippen LogP contribution is -2.04. The van der Waals surface area contributed by atoms with E-state index in [1.807, 2.05) is 30.3 Å². The maximum atomic E-state index is 12.9. The van der Waals surface area contributed by atoms with E-state index < -0.39 is 5.97 Å². The fourth-order valence-electron chi connectivity index (χ4n) is 3.77. The quantitative estimate of drug-likeness (QED) is 0.314. The smallest absolute Gasteiger partial charge is 0.335 e. The maximum absolute atomic E-state index is 12.9. The number of carboxylic acids is 1. The number of methoxy groups -OCH3 is 1. The number of phenolic OH excluding ortho intramolecular Hbond substituents is 1. The van der Waals surface area contributed by atoms with Gasteiger partial charge in [0, 0.05) is 11.1 Å². The van der Waals surface area contributed by atoms with Gasteiger partial charge in [-0.25, -0.2) is 4.79 Å². The third-order valence-corrected chi connectivity index (χ3v) is 5.72. The monoisotopic (exact) mass is 468 g/mol. The van der Waals surface area contributed by atoms with Gasteiger partial charge in [0.05, 0.1) is 18.2 Å². The first-order chi connectivity index (χ1) is 16.9. The first-order valence-electron chi connectivity index (χ1n) is 10.9. The number of ether oxygens (including phenoxy) is 2. The van der Waals surface area contributed by atoms with Crippen LogP contribution in [-0.4, -0.2) is 29.1 Å². The number of aromatic hydroxyl groups is 1. The largest absolute Gasteiger partial charge is 0.507 e. The molecule has 4 aromatic rings. The summed E-state index contributed by atoms with van der Waals surface area (Å²) < 4.78 is 11.1.